The molecule has 2 rings (SSSR count). The molecule has 0 saturated carbocycles. The quantitative estimate of drug-likeness (QED) is 0.719. The third-order valence-electron chi connectivity index (χ3n) is 4.65. The van der Waals surface area contributed by atoms with E-state index in [1.807, 2.05) is 7.05 Å². The van der Waals surface area contributed by atoms with Gasteiger partial charge in [0.15, 0.2) is 0 Å². The summed E-state index contributed by atoms with van der Waals surface area (Å²) in [5.74, 6) is 0.999. The van der Waals surface area contributed by atoms with Gasteiger partial charge in [-0.3, -0.25) is 4.90 Å². The van der Waals surface area contributed by atoms with Crippen molar-refractivity contribution in [1.82, 2.24) is 9.80 Å². The SMILES string of the molecule is C=C(OC(COC)CN1CCCCC1)C1CC(O)CN(C)C1. The Hall–Kier alpha value is -0.620. The normalized spacial score (nSPS) is 29.2. The maximum atomic E-state index is 9.93. The number of ether oxygens (including phenoxy) is 2. The maximum Gasteiger partial charge on any atom is 0.134 e. The number of hydrogen-bond acceptors (Lipinski definition) is 5. The van der Waals surface area contributed by atoms with E-state index >= 15 is 0 Å². The standard InChI is InChI=1S/C17H32N2O3/c1-14(15-9-16(20)11-18(2)10-15)22-17(13-21-3)12-19-7-5-4-6-8-19/h15-17,20H,1,4-13H2,2-3H3. The summed E-state index contributed by atoms with van der Waals surface area (Å²) in [7, 11) is 3.75. The summed E-state index contributed by atoms with van der Waals surface area (Å²) < 4.78 is 11.5. The molecule has 0 aliphatic carbocycles. The third kappa shape index (κ3) is 5.54. The van der Waals surface area contributed by atoms with Crippen LogP contribution in [0.15, 0.2) is 12.3 Å². The van der Waals surface area contributed by atoms with Gasteiger partial charge < -0.3 is 19.5 Å². The molecule has 2 aliphatic rings. The summed E-state index contributed by atoms with van der Waals surface area (Å²) in [5.41, 5.74) is 0. The van der Waals surface area contributed by atoms with Crippen molar-refractivity contribution in [2.75, 3.05) is 53.5 Å². The van der Waals surface area contributed by atoms with Gasteiger partial charge in [-0.15, -0.1) is 0 Å². The predicted molar refractivity (Wildman–Crippen MR) is 87.8 cm³/mol. The van der Waals surface area contributed by atoms with Crippen LogP contribution in [0.5, 0.6) is 0 Å². The highest BCUT2D eigenvalue weighted by molar-refractivity contribution is 4.97. The second kappa shape index (κ2) is 8.87. The van der Waals surface area contributed by atoms with Crippen LogP contribution >= 0.6 is 0 Å². The molecule has 5 heteroatoms. The molecular formula is C17H32N2O3. The van der Waals surface area contributed by atoms with Crippen LogP contribution in [0.3, 0.4) is 0 Å². The summed E-state index contributed by atoms with van der Waals surface area (Å²) in [6, 6.07) is 0. The smallest absolute Gasteiger partial charge is 0.134 e. The summed E-state index contributed by atoms with van der Waals surface area (Å²) in [5, 5.41) is 9.93. The molecule has 0 amide bonds. The summed E-state index contributed by atoms with van der Waals surface area (Å²) >= 11 is 0. The van der Waals surface area contributed by atoms with Gasteiger partial charge in [0.25, 0.3) is 0 Å². The molecule has 2 fully saturated rings. The molecule has 0 aromatic carbocycles. The fourth-order valence-electron chi connectivity index (χ4n) is 3.57. The topological polar surface area (TPSA) is 45.2 Å². The number of piperidine rings is 2. The van der Waals surface area contributed by atoms with Crippen LogP contribution in [-0.2, 0) is 9.47 Å². The van der Waals surface area contributed by atoms with Crippen molar-refractivity contribution in [3.05, 3.63) is 12.3 Å². The average molecular weight is 312 g/mol. The Morgan fingerprint density at radius 3 is 2.64 bits per heavy atom. The lowest BCUT2D eigenvalue weighted by atomic mass is 9.95. The molecule has 0 bridgehead atoms. The Morgan fingerprint density at radius 2 is 2.00 bits per heavy atom. The van der Waals surface area contributed by atoms with Gasteiger partial charge in [-0.1, -0.05) is 13.0 Å². The van der Waals surface area contributed by atoms with Crippen molar-refractivity contribution in [2.45, 2.75) is 37.9 Å². The van der Waals surface area contributed by atoms with Crippen LogP contribution in [-0.4, -0.2) is 80.6 Å². The van der Waals surface area contributed by atoms with Gasteiger partial charge in [0.05, 0.1) is 18.5 Å². The number of aliphatic hydroxyl groups is 1. The van der Waals surface area contributed by atoms with Crippen LogP contribution in [0, 0.1) is 5.92 Å². The molecule has 3 unspecified atom stereocenters. The Balaban J connectivity index is 1.84. The molecule has 0 aromatic heterocycles. The lowest BCUT2D eigenvalue weighted by molar-refractivity contribution is -0.0158. The van der Waals surface area contributed by atoms with E-state index in [0.29, 0.717) is 6.61 Å². The number of methoxy groups -OCH3 is 1. The Labute approximate surface area is 134 Å². The second-order valence-corrected chi connectivity index (χ2v) is 6.83. The van der Waals surface area contributed by atoms with Gasteiger partial charge in [-0.05, 0) is 39.4 Å². The monoisotopic (exact) mass is 312 g/mol. The first-order valence-electron chi connectivity index (χ1n) is 8.52. The first-order valence-corrected chi connectivity index (χ1v) is 8.52. The summed E-state index contributed by atoms with van der Waals surface area (Å²) in [6.07, 6.45) is 4.38. The molecular weight excluding hydrogens is 280 g/mol. The minimum absolute atomic E-state index is 0.0278. The number of rotatable bonds is 7. The number of aliphatic hydroxyl groups excluding tert-OH is 1. The van der Waals surface area contributed by atoms with E-state index < -0.39 is 0 Å². The van der Waals surface area contributed by atoms with Gasteiger partial charge in [0.2, 0.25) is 0 Å². The van der Waals surface area contributed by atoms with E-state index in [4.69, 9.17) is 9.47 Å². The van der Waals surface area contributed by atoms with Gasteiger partial charge >= 0.3 is 0 Å². The Kier molecular flexibility index (Phi) is 7.15. The zero-order valence-corrected chi connectivity index (χ0v) is 14.2. The molecule has 2 aliphatic heterocycles. The molecule has 2 saturated heterocycles. The third-order valence-corrected chi connectivity index (χ3v) is 4.65. The van der Waals surface area contributed by atoms with Crippen molar-refractivity contribution in [1.29, 1.82) is 0 Å². The van der Waals surface area contributed by atoms with Crippen LogP contribution in [0.1, 0.15) is 25.7 Å². The Bertz CT molecular complexity index is 335. The predicted octanol–water partition coefficient (Wildman–Crippen LogP) is 1.33. The number of likely N-dealkylation sites (tertiary alicyclic amines) is 2. The van der Waals surface area contributed by atoms with E-state index in [9.17, 15) is 5.11 Å². The minimum atomic E-state index is -0.285. The zero-order chi connectivity index (χ0) is 15.9. The molecule has 1 N–H and O–H groups in total. The van der Waals surface area contributed by atoms with Crippen molar-refractivity contribution < 1.29 is 14.6 Å². The average Bonchev–Trinajstić information content (AvgIpc) is 2.47. The lowest BCUT2D eigenvalue weighted by Crippen LogP contribution is -2.43. The Morgan fingerprint density at radius 1 is 1.27 bits per heavy atom. The highest BCUT2D eigenvalue weighted by Crippen LogP contribution is 2.24. The van der Waals surface area contributed by atoms with E-state index in [1.54, 1.807) is 7.11 Å². The van der Waals surface area contributed by atoms with Gasteiger partial charge in [-0.2, -0.15) is 0 Å². The number of nitrogens with zero attached hydrogens (tertiary/aromatic N) is 2. The number of hydrogen-bond donors (Lipinski definition) is 1. The number of β-amino-alcohol motifs (C(OH)–C–C–N with tert-alkyl or cyclic N) is 1. The van der Waals surface area contributed by atoms with E-state index in [2.05, 4.69) is 16.4 Å². The molecule has 0 spiro atoms. The molecule has 0 aromatic rings. The van der Waals surface area contributed by atoms with E-state index in [1.165, 1.54) is 19.3 Å². The van der Waals surface area contributed by atoms with Crippen LogP contribution in [0.25, 0.3) is 0 Å². The molecule has 5 nitrogen and oxygen atoms in total. The lowest BCUT2D eigenvalue weighted by Gasteiger charge is -2.36. The number of likely N-dealkylation sites (N-methyl/N-ethyl adjacent to an activating group) is 1. The van der Waals surface area contributed by atoms with Crippen molar-refractivity contribution in [2.24, 2.45) is 5.92 Å². The van der Waals surface area contributed by atoms with Crippen molar-refractivity contribution >= 4 is 0 Å². The highest BCUT2D eigenvalue weighted by atomic mass is 16.5. The fourth-order valence-corrected chi connectivity index (χ4v) is 3.57. The van der Waals surface area contributed by atoms with Gasteiger partial charge in [-0.25, -0.2) is 0 Å². The van der Waals surface area contributed by atoms with Crippen LogP contribution in [0.2, 0.25) is 0 Å². The summed E-state index contributed by atoms with van der Waals surface area (Å²) in [4.78, 5) is 4.60. The van der Waals surface area contributed by atoms with Gasteiger partial charge in [0, 0.05) is 32.7 Å². The molecule has 3 atom stereocenters. The second-order valence-electron chi connectivity index (χ2n) is 6.83. The van der Waals surface area contributed by atoms with Crippen molar-refractivity contribution in [3.63, 3.8) is 0 Å². The minimum Gasteiger partial charge on any atom is -0.491 e. The van der Waals surface area contributed by atoms with Gasteiger partial charge in [0.1, 0.15) is 6.10 Å². The largest absolute Gasteiger partial charge is 0.491 e. The van der Waals surface area contributed by atoms with Crippen LogP contribution in [0.4, 0.5) is 0 Å². The van der Waals surface area contributed by atoms with E-state index in [-0.39, 0.29) is 18.1 Å². The first kappa shape index (κ1) is 17.7. The zero-order valence-electron chi connectivity index (χ0n) is 14.2. The van der Waals surface area contributed by atoms with E-state index in [0.717, 1.165) is 44.9 Å². The summed E-state index contributed by atoms with van der Waals surface area (Å²) in [6.45, 7) is 9.56. The molecule has 22 heavy (non-hydrogen) atoms. The molecule has 128 valence electrons. The maximum absolute atomic E-state index is 9.93. The highest BCUT2D eigenvalue weighted by Gasteiger charge is 2.28. The molecule has 0 radical (unpaired) electrons. The van der Waals surface area contributed by atoms with Crippen LogP contribution < -0.4 is 0 Å². The fraction of sp³-hybridized carbons (Fsp3) is 0.882. The molecule has 2 heterocycles. The van der Waals surface area contributed by atoms with Crippen molar-refractivity contribution in [3.8, 4) is 0 Å². The first-order chi connectivity index (χ1) is 10.6.